The molecule has 4 aromatic rings. The number of pyridine rings is 3. The van der Waals surface area contributed by atoms with Crippen molar-refractivity contribution in [3.63, 3.8) is 0 Å². The van der Waals surface area contributed by atoms with Crippen LogP contribution < -0.4 is 0 Å². The molecule has 5 rings (SSSR count). The third kappa shape index (κ3) is 3.83. The van der Waals surface area contributed by atoms with Crippen LogP contribution in [0.25, 0.3) is 33.1 Å². The molecule has 0 atom stereocenters. The summed E-state index contributed by atoms with van der Waals surface area (Å²) in [4.78, 5) is 23.8. The second-order valence-electron chi connectivity index (χ2n) is 8.42. The highest BCUT2D eigenvalue weighted by molar-refractivity contribution is 6.08. The van der Waals surface area contributed by atoms with Gasteiger partial charge in [-0.2, -0.15) is 0 Å². The van der Waals surface area contributed by atoms with Crippen LogP contribution in [-0.2, 0) is 13.0 Å². The van der Waals surface area contributed by atoms with Gasteiger partial charge in [-0.15, -0.1) is 0 Å². The lowest BCUT2D eigenvalue weighted by atomic mass is 9.87. The minimum atomic E-state index is 0.545. The Morgan fingerprint density at radius 1 is 1.13 bits per heavy atom. The first-order valence-corrected chi connectivity index (χ1v) is 11.1. The van der Waals surface area contributed by atoms with Crippen LogP contribution >= 0.6 is 0 Å². The Balaban J connectivity index is 1.62. The lowest BCUT2D eigenvalue weighted by molar-refractivity contribution is 0.192. The second-order valence-corrected chi connectivity index (χ2v) is 8.42. The van der Waals surface area contributed by atoms with Crippen LogP contribution in [0.15, 0.2) is 48.0 Å². The molecule has 0 saturated carbocycles. The summed E-state index contributed by atoms with van der Waals surface area (Å²) in [5, 5.41) is 2.39. The van der Waals surface area contributed by atoms with Crippen molar-refractivity contribution in [3.05, 3.63) is 54.2 Å². The highest BCUT2D eigenvalue weighted by atomic mass is 15.1. The average molecular weight is 413 g/mol. The van der Waals surface area contributed by atoms with Crippen molar-refractivity contribution in [2.75, 3.05) is 19.6 Å². The van der Waals surface area contributed by atoms with Crippen molar-refractivity contribution < 1.29 is 0 Å². The van der Waals surface area contributed by atoms with E-state index in [-0.39, 0.29) is 0 Å². The van der Waals surface area contributed by atoms with Crippen LogP contribution in [0.5, 0.6) is 0 Å². The molecule has 0 aromatic carbocycles. The van der Waals surface area contributed by atoms with Crippen LogP contribution in [0.1, 0.15) is 31.0 Å². The first-order valence-electron chi connectivity index (χ1n) is 11.1. The first-order chi connectivity index (χ1) is 15.3. The van der Waals surface area contributed by atoms with Crippen molar-refractivity contribution in [1.82, 2.24) is 24.8 Å². The Hall–Kier alpha value is -3.12. The molecular weight excluding hydrogens is 384 g/mol. The number of aliphatic imine (C=N–C) groups is 1. The number of hydrogen-bond donors (Lipinski definition) is 1. The van der Waals surface area contributed by atoms with Crippen LogP contribution in [0.3, 0.4) is 0 Å². The summed E-state index contributed by atoms with van der Waals surface area (Å²) in [6, 6.07) is 6.29. The minimum absolute atomic E-state index is 0.545. The minimum Gasteiger partial charge on any atom is -0.338 e. The molecule has 0 amide bonds. The van der Waals surface area contributed by atoms with Crippen molar-refractivity contribution in [2.24, 2.45) is 10.9 Å². The molecule has 31 heavy (non-hydrogen) atoms. The number of nitrogens with one attached hydrogen (secondary N) is 1. The third-order valence-electron chi connectivity index (χ3n) is 6.60. The Morgan fingerprint density at radius 2 is 1.94 bits per heavy atom. The highest BCUT2D eigenvalue weighted by Gasteiger charge is 2.22. The van der Waals surface area contributed by atoms with Gasteiger partial charge in [-0.1, -0.05) is 6.92 Å². The van der Waals surface area contributed by atoms with Gasteiger partial charge in [0, 0.05) is 34.9 Å². The van der Waals surface area contributed by atoms with E-state index in [0.29, 0.717) is 12.5 Å². The molecule has 1 N–H and O–H groups in total. The zero-order chi connectivity index (χ0) is 21.2. The van der Waals surface area contributed by atoms with Gasteiger partial charge in [-0.25, -0.2) is 4.98 Å². The first kappa shape index (κ1) is 19.8. The van der Waals surface area contributed by atoms with Crippen molar-refractivity contribution in [1.29, 1.82) is 0 Å². The summed E-state index contributed by atoms with van der Waals surface area (Å²) in [7, 11) is 0. The zero-order valence-corrected chi connectivity index (χ0v) is 18.0. The summed E-state index contributed by atoms with van der Waals surface area (Å²) >= 11 is 0. The number of hydrogen-bond acceptors (Lipinski definition) is 5. The molecule has 0 radical (unpaired) electrons. The molecule has 1 saturated heterocycles. The predicted octanol–water partition coefficient (Wildman–Crippen LogP) is 4.65. The zero-order valence-electron chi connectivity index (χ0n) is 18.0. The smallest absolute Gasteiger partial charge is 0.138 e. The molecule has 6 heteroatoms. The number of nitrogens with zero attached hydrogens (tertiary/aromatic N) is 5. The quantitative estimate of drug-likeness (QED) is 0.468. The van der Waals surface area contributed by atoms with Crippen molar-refractivity contribution in [2.45, 2.75) is 32.7 Å². The van der Waals surface area contributed by atoms with Crippen LogP contribution in [-0.4, -0.2) is 51.2 Å². The molecule has 0 spiro atoms. The SMILES string of the molecule is C=NCc1ncc2[nH]c3ncc(-c4ccncc4)cc3c2c1CC1CCN(CC)CC1. The molecule has 5 heterocycles. The largest absolute Gasteiger partial charge is 0.338 e. The van der Waals surface area contributed by atoms with E-state index in [4.69, 9.17) is 9.97 Å². The average Bonchev–Trinajstić information content (AvgIpc) is 3.20. The number of aromatic nitrogens is 4. The number of piperidine rings is 1. The van der Waals surface area contributed by atoms with Gasteiger partial charge in [-0.3, -0.25) is 15.0 Å². The molecule has 1 fully saturated rings. The maximum absolute atomic E-state index is 4.76. The van der Waals surface area contributed by atoms with E-state index in [0.717, 1.165) is 46.3 Å². The fraction of sp³-hybridized carbons (Fsp3) is 0.360. The summed E-state index contributed by atoms with van der Waals surface area (Å²) < 4.78 is 0. The lowest BCUT2D eigenvalue weighted by Crippen LogP contribution is -2.34. The van der Waals surface area contributed by atoms with E-state index in [1.165, 1.54) is 36.9 Å². The van der Waals surface area contributed by atoms with E-state index in [1.807, 2.05) is 36.9 Å². The van der Waals surface area contributed by atoms with Crippen LogP contribution in [0.4, 0.5) is 0 Å². The van der Waals surface area contributed by atoms with E-state index in [2.05, 4.69) is 39.6 Å². The fourth-order valence-electron chi connectivity index (χ4n) is 4.84. The normalized spacial score (nSPS) is 15.6. The number of likely N-dealkylation sites (tertiary alicyclic amines) is 1. The van der Waals surface area contributed by atoms with E-state index < -0.39 is 0 Å². The Bertz CT molecular complexity index is 1210. The number of aromatic amines is 1. The standard InChI is InChI=1S/C25H28N6/c1-3-31-10-6-17(7-11-31)12-20-22(15-26-2)28-16-23-24(20)21-13-19(14-29-25(21)30-23)18-4-8-27-9-5-18/h4-5,8-9,13-14,16-17H,2-3,6-7,10-12,15H2,1H3,(H,29,30). The van der Waals surface area contributed by atoms with E-state index in [1.54, 1.807) is 0 Å². The van der Waals surface area contributed by atoms with Gasteiger partial charge < -0.3 is 9.88 Å². The van der Waals surface area contributed by atoms with Gasteiger partial charge in [0.1, 0.15) is 5.65 Å². The fourth-order valence-corrected chi connectivity index (χ4v) is 4.84. The maximum atomic E-state index is 4.76. The van der Waals surface area contributed by atoms with Gasteiger partial charge in [-0.05, 0) is 80.9 Å². The Labute approximate surface area is 182 Å². The summed E-state index contributed by atoms with van der Waals surface area (Å²) in [5.41, 5.74) is 6.51. The third-order valence-corrected chi connectivity index (χ3v) is 6.60. The maximum Gasteiger partial charge on any atom is 0.138 e. The number of H-pyrrole nitrogens is 1. The van der Waals surface area contributed by atoms with Gasteiger partial charge in [0.2, 0.25) is 0 Å². The molecule has 6 nitrogen and oxygen atoms in total. The van der Waals surface area contributed by atoms with Gasteiger partial charge >= 0.3 is 0 Å². The summed E-state index contributed by atoms with van der Waals surface area (Å²) in [6.45, 7) is 10.0. The van der Waals surface area contributed by atoms with Gasteiger partial charge in [0.25, 0.3) is 0 Å². The summed E-state index contributed by atoms with van der Waals surface area (Å²) in [5.74, 6) is 0.667. The number of fused-ring (bicyclic) bond motifs is 3. The van der Waals surface area contributed by atoms with E-state index in [9.17, 15) is 0 Å². The molecule has 158 valence electrons. The Morgan fingerprint density at radius 3 is 2.68 bits per heavy atom. The van der Waals surface area contributed by atoms with Gasteiger partial charge in [0.05, 0.1) is 24.0 Å². The molecule has 4 aromatic heterocycles. The highest BCUT2D eigenvalue weighted by Crippen LogP contribution is 2.34. The summed E-state index contributed by atoms with van der Waals surface area (Å²) in [6.07, 6.45) is 11.0. The van der Waals surface area contributed by atoms with Crippen molar-refractivity contribution >= 4 is 28.7 Å². The molecule has 0 aliphatic carbocycles. The molecular formula is C25H28N6. The monoisotopic (exact) mass is 412 g/mol. The van der Waals surface area contributed by atoms with Crippen LogP contribution in [0, 0.1) is 5.92 Å². The molecule has 1 aliphatic heterocycles. The predicted molar refractivity (Wildman–Crippen MR) is 126 cm³/mol. The van der Waals surface area contributed by atoms with E-state index >= 15 is 0 Å². The molecule has 0 unspecified atom stereocenters. The van der Waals surface area contributed by atoms with Gasteiger partial charge in [0.15, 0.2) is 0 Å². The molecule has 0 bridgehead atoms. The second kappa shape index (κ2) is 8.55. The molecule has 1 aliphatic rings. The Kier molecular flexibility index (Phi) is 5.47. The number of rotatable bonds is 6. The topological polar surface area (TPSA) is 70.1 Å². The van der Waals surface area contributed by atoms with Crippen molar-refractivity contribution in [3.8, 4) is 11.1 Å². The lowest BCUT2D eigenvalue weighted by Gasteiger charge is -2.31. The van der Waals surface area contributed by atoms with Crippen LogP contribution in [0.2, 0.25) is 0 Å².